The second-order valence-corrected chi connectivity index (χ2v) is 8.55. The Morgan fingerprint density at radius 1 is 1.06 bits per heavy atom. The van der Waals surface area contributed by atoms with Crippen molar-refractivity contribution in [3.05, 3.63) is 48.0 Å². The highest BCUT2D eigenvalue weighted by atomic mass is 16.5. The smallest absolute Gasteiger partial charge is 0.262 e. The zero-order valence-corrected chi connectivity index (χ0v) is 20.7. The van der Waals surface area contributed by atoms with Gasteiger partial charge in [-0.05, 0) is 62.7 Å². The van der Waals surface area contributed by atoms with Crippen LogP contribution in [0.1, 0.15) is 29.6 Å². The quantitative estimate of drug-likeness (QED) is 0.382. The Bertz CT molecular complexity index is 1060. The number of carbonyl (C=O) groups is 3. The molecule has 194 valence electrons. The Labute approximate surface area is 211 Å². The van der Waals surface area contributed by atoms with Crippen molar-refractivity contribution < 1.29 is 28.6 Å². The third-order valence-corrected chi connectivity index (χ3v) is 6.01. The second kappa shape index (κ2) is 13.3. The van der Waals surface area contributed by atoms with E-state index in [9.17, 15) is 14.4 Å². The van der Waals surface area contributed by atoms with Crippen LogP contribution in [0, 0.1) is 5.92 Å². The average molecular weight is 499 g/mol. The van der Waals surface area contributed by atoms with Gasteiger partial charge in [-0.15, -0.1) is 0 Å². The summed E-state index contributed by atoms with van der Waals surface area (Å²) in [6.07, 6.45) is 2.56. The highest BCUT2D eigenvalue weighted by molar-refractivity contribution is 5.95. The van der Waals surface area contributed by atoms with Crippen LogP contribution in [0.3, 0.4) is 0 Å². The lowest BCUT2D eigenvalue weighted by molar-refractivity contribution is -0.123. The lowest BCUT2D eigenvalue weighted by Crippen LogP contribution is -2.42. The molecule has 1 heterocycles. The Kier molecular flexibility index (Phi) is 9.93. The van der Waals surface area contributed by atoms with Gasteiger partial charge >= 0.3 is 0 Å². The first-order valence-electron chi connectivity index (χ1n) is 11.9. The van der Waals surface area contributed by atoms with Crippen LogP contribution in [0.5, 0.6) is 17.2 Å². The average Bonchev–Trinajstić information content (AvgIpc) is 2.90. The lowest BCUT2D eigenvalue weighted by Gasteiger charge is -2.31. The first-order chi connectivity index (χ1) is 17.4. The summed E-state index contributed by atoms with van der Waals surface area (Å²) < 4.78 is 16.2. The minimum Gasteiger partial charge on any atom is -0.495 e. The van der Waals surface area contributed by atoms with E-state index in [2.05, 4.69) is 15.5 Å². The summed E-state index contributed by atoms with van der Waals surface area (Å²) in [6.45, 7) is 2.66. The molecule has 3 rings (SSSR count). The number of ether oxygens (including phenoxy) is 3. The van der Waals surface area contributed by atoms with Crippen molar-refractivity contribution in [1.29, 1.82) is 0 Å². The van der Waals surface area contributed by atoms with Crippen LogP contribution in [0.25, 0.3) is 0 Å². The van der Waals surface area contributed by atoms with Gasteiger partial charge in [0.05, 0.1) is 25.8 Å². The van der Waals surface area contributed by atoms with Crippen LogP contribution in [-0.4, -0.2) is 69.6 Å². The number of benzene rings is 2. The fourth-order valence-corrected chi connectivity index (χ4v) is 4.10. The lowest BCUT2D eigenvalue weighted by atomic mass is 9.97. The maximum atomic E-state index is 12.6. The minimum absolute atomic E-state index is 0.0891. The number of nitrogens with two attached hydrogens (primary N) is 1. The minimum atomic E-state index is -0.362. The first kappa shape index (κ1) is 26.8. The number of rotatable bonds is 12. The molecule has 1 saturated heterocycles. The summed E-state index contributed by atoms with van der Waals surface area (Å²) in [7, 11) is 3.00. The van der Waals surface area contributed by atoms with Gasteiger partial charge in [-0.25, -0.2) is 0 Å². The van der Waals surface area contributed by atoms with E-state index in [4.69, 9.17) is 19.9 Å². The van der Waals surface area contributed by atoms with Gasteiger partial charge in [-0.3, -0.25) is 14.4 Å². The molecule has 4 N–H and O–H groups in total. The molecule has 2 aromatic carbocycles. The van der Waals surface area contributed by atoms with E-state index in [0.717, 1.165) is 32.4 Å². The molecule has 10 nitrogen and oxygen atoms in total. The molecule has 0 radical (unpaired) electrons. The summed E-state index contributed by atoms with van der Waals surface area (Å²) in [5, 5.41) is 5.64. The molecule has 0 aromatic heterocycles. The number of nitrogens with zero attached hydrogens (tertiary/aromatic N) is 1. The first-order valence-corrected chi connectivity index (χ1v) is 11.9. The fourth-order valence-electron chi connectivity index (χ4n) is 4.10. The number of likely N-dealkylation sites (tertiary alicyclic amines) is 1. The molecule has 2 aromatic rings. The maximum Gasteiger partial charge on any atom is 0.262 e. The summed E-state index contributed by atoms with van der Waals surface area (Å²) in [5.41, 5.74) is 6.40. The Balaban J connectivity index is 1.46. The van der Waals surface area contributed by atoms with Gasteiger partial charge < -0.3 is 35.5 Å². The van der Waals surface area contributed by atoms with E-state index in [1.165, 1.54) is 14.2 Å². The van der Waals surface area contributed by atoms with Crippen LogP contribution in [0.15, 0.2) is 42.5 Å². The number of carbonyl (C=O) groups excluding carboxylic acids is 3. The zero-order chi connectivity index (χ0) is 25.9. The van der Waals surface area contributed by atoms with Crippen LogP contribution in [-0.2, 0) is 9.59 Å². The Morgan fingerprint density at radius 3 is 2.58 bits per heavy atom. The molecule has 0 spiro atoms. The van der Waals surface area contributed by atoms with E-state index >= 15 is 0 Å². The maximum absolute atomic E-state index is 12.6. The summed E-state index contributed by atoms with van der Waals surface area (Å²) >= 11 is 0. The van der Waals surface area contributed by atoms with E-state index in [1.54, 1.807) is 36.4 Å². The fraction of sp³-hybridized carbons (Fsp3) is 0.423. The number of amides is 3. The summed E-state index contributed by atoms with van der Waals surface area (Å²) in [5.74, 6) is 0.309. The molecule has 0 bridgehead atoms. The van der Waals surface area contributed by atoms with Gasteiger partial charge in [0.2, 0.25) is 5.91 Å². The number of para-hydroxylation sites is 2. The second-order valence-electron chi connectivity index (χ2n) is 8.55. The highest BCUT2D eigenvalue weighted by Crippen LogP contribution is 2.28. The third kappa shape index (κ3) is 7.61. The van der Waals surface area contributed by atoms with Gasteiger partial charge in [-0.1, -0.05) is 12.1 Å². The molecular weight excluding hydrogens is 464 g/mol. The van der Waals surface area contributed by atoms with Crippen molar-refractivity contribution in [3.8, 4) is 17.2 Å². The van der Waals surface area contributed by atoms with Crippen LogP contribution in [0.4, 0.5) is 5.69 Å². The van der Waals surface area contributed by atoms with Crippen molar-refractivity contribution in [2.24, 2.45) is 11.7 Å². The van der Waals surface area contributed by atoms with Gasteiger partial charge in [-0.2, -0.15) is 0 Å². The number of nitrogens with one attached hydrogen (secondary N) is 2. The normalized spacial score (nSPS) is 15.6. The topological polar surface area (TPSA) is 132 Å². The molecule has 10 heteroatoms. The van der Waals surface area contributed by atoms with E-state index in [0.29, 0.717) is 41.6 Å². The molecular formula is C26H34N4O6. The molecule has 1 unspecified atom stereocenters. The summed E-state index contributed by atoms with van der Waals surface area (Å²) in [6, 6.07) is 11.9. The van der Waals surface area contributed by atoms with Crippen molar-refractivity contribution >= 4 is 23.4 Å². The van der Waals surface area contributed by atoms with E-state index < -0.39 is 0 Å². The third-order valence-electron chi connectivity index (χ3n) is 6.01. The molecule has 1 aliphatic rings. The molecule has 0 aliphatic carbocycles. The van der Waals surface area contributed by atoms with E-state index in [-0.39, 0.29) is 30.2 Å². The SMILES string of the molecule is COc1ccccc1NC(=O)COc1ccc(C(=O)NCCCN2CCCC(C(N)=O)C2)cc1OC. The predicted octanol–water partition coefficient (Wildman–Crippen LogP) is 2.04. The molecule has 1 fully saturated rings. The van der Waals surface area contributed by atoms with Gasteiger partial charge in [0.1, 0.15) is 5.75 Å². The number of anilines is 1. The van der Waals surface area contributed by atoms with Gasteiger partial charge in [0, 0.05) is 18.7 Å². The van der Waals surface area contributed by atoms with Crippen LogP contribution < -0.4 is 30.6 Å². The molecule has 3 amide bonds. The van der Waals surface area contributed by atoms with Crippen molar-refractivity contribution in [3.63, 3.8) is 0 Å². The Morgan fingerprint density at radius 2 is 1.83 bits per heavy atom. The standard InChI is InChI=1S/C26H34N4O6/c1-34-21-9-4-3-8-20(21)29-24(31)17-36-22-11-10-18(15-23(22)35-2)26(33)28-12-6-14-30-13-5-7-19(16-30)25(27)32/h3-4,8-11,15,19H,5-7,12-14,16-17H2,1-2H3,(H2,27,32)(H,28,33)(H,29,31). The van der Waals surface area contributed by atoms with Crippen molar-refractivity contribution in [2.75, 3.05) is 52.3 Å². The highest BCUT2D eigenvalue weighted by Gasteiger charge is 2.23. The van der Waals surface area contributed by atoms with Crippen LogP contribution >= 0.6 is 0 Å². The number of hydrogen-bond acceptors (Lipinski definition) is 7. The van der Waals surface area contributed by atoms with Crippen LogP contribution in [0.2, 0.25) is 0 Å². The van der Waals surface area contributed by atoms with Gasteiger partial charge in [0.15, 0.2) is 18.1 Å². The molecule has 36 heavy (non-hydrogen) atoms. The number of methoxy groups -OCH3 is 2. The monoisotopic (exact) mass is 498 g/mol. The number of hydrogen-bond donors (Lipinski definition) is 3. The molecule has 0 saturated carbocycles. The predicted molar refractivity (Wildman–Crippen MR) is 135 cm³/mol. The zero-order valence-electron chi connectivity index (χ0n) is 20.7. The molecule has 1 atom stereocenters. The van der Waals surface area contributed by atoms with Crippen molar-refractivity contribution in [1.82, 2.24) is 10.2 Å². The van der Waals surface area contributed by atoms with Crippen molar-refractivity contribution in [2.45, 2.75) is 19.3 Å². The van der Waals surface area contributed by atoms with Gasteiger partial charge in [0.25, 0.3) is 11.8 Å². The van der Waals surface area contributed by atoms with E-state index in [1.807, 2.05) is 6.07 Å². The molecule has 1 aliphatic heterocycles. The summed E-state index contributed by atoms with van der Waals surface area (Å²) in [4.78, 5) is 38.5. The Hall–Kier alpha value is -3.79. The largest absolute Gasteiger partial charge is 0.495 e. The number of piperidine rings is 1. The number of primary amides is 1.